The zero-order chi connectivity index (χ0) is 15.5. The zero-order valence-electron chi connectivity index (χ0n) is 13.4. The summed E-state index contributed by atoms with van der Waals surface area (Å²) in [6, 6.07) is 2.25. The van der Waals surface area contributed by atoms with Gasteiger partial charge in [0.15, 0.2) is 0 Å². The molecule has 1 aromatic rings. The molecular weight excluding hydrogens is 266 g/mol. The second kappa shape index (κ2) is 6.47. The van der Waals surface area contributed by atoms with Crippen LogP contribution in [-0.2, 0) is 4.74 Å². The predicted molar refractivity (Wildman–Crippen MR) is 86.4 cm³/mol. The van der Waals surface area contributed by atoms with Crippen molar-refractivity contribution in [3.63, 3.8) is 0 Å². The highest BCUT2D eigenvalue weighted by atomic mass is 16.5. The molecule has 21 heavy (non-hydrogen) atoms. The SMILES string of the molecule is CCCNc1cc(NC2CC(OCC)C2(C)C)nc(N)n1. The van der Waals surface area contributed by atoms with Crippen LogP contribution >= 0.6 is 0 Å². The average Bonchev–Trinajstić information content (AvgIpc) is 2.43. The predicted octanol–water partition coefficient (Wildman–Crippen LogP) is 2.50. The molecule has 6 heteroatoms. The normalized spacial score (nSPS) is 23.4. The lowest BCUT2D eigenvalue weighted by Crippen LogP contribution is -2.58. The van der Waals surface area contributed by atoms with E-state index in [-0.39, 0.29) is 11.4 Å². The van der Waals surface area contributed by atoms with Crippen molar-refractivity contribution in [2.24, 2.45) is 5.41 Å². The lowest BCUT2D eigenvalue weighted by atomic mass is 9.64. The smallest absolute Gasteiger partial charge is 0.223 e. The molecule has 1 heterocycles. The van der Waals surface area contributed by atoms with Gasteiger partial charge in [0.25, 0.3) is 0 Å². The molecular formula is C15H27N5O. The summed E-state index contributed by atoms with van der Waals surface area (Å²) in [7, 11) is 0. The van der Waals surface area contributed by atoms with Gasteiger partial charge in [-0.25, -0.2) is 0 Å². The Hall–Kier alpha value is -1.56. The third-order valence-corrected chi connectivity index (χ3v) is 4.17. The zero-order valence-corrected chi connectivity index (χ0v) is 13.4. The number of hydrogen-bond donors (Lipinski definition) is 3. The third-order valence-electron chi connectivity index (χ3n) is 4.17. The fourth-order valence-electron chi connectivity index (χ4n) is 2.68. The van der Waals surface area contributed by atoms with Crippen molar-refractivity contribution in [2.75, 3.05) is 29.5 Å². The summed E-state index contributed by atoms with van der Waals surface area (Å²) in [5, 5.41) is 6.70. The number of nitrogens with zero attached hydrogens (tertiary/aromatic N) is 2. The summed E-state index contributed by atoms with van der Waals surface area (Å²) < 4.78 is 5.75. The number of nitrogens with one attached hydrogen (secondary N) is 2. The Labute approximate surface area is 126 Å². The number of ether oxygens (including phenoxy) is 1. The maximum absolute atomic E-state index is 5.78. The van der Waals surface area contributed by atoms with E-state index in [0.29, 0.717) is 12.1 Å². The van der Waals surface area contributed by atoms with Gasteiger partial charge in [-0.1, -0.05) is 20.8 Å². The largest absolute Gasteiger partial charge is 0.378 e. The van der Waals surface area contributed by atoms with Gasteiger partial charge in [0, 0.05) is 30.7 Å². The quantitative estimate of drug-likeness (QED) is 0.716. The van der Waals surface area contributed by atoms with Crippen molar-refractivity contribution >= 4 is 17.6 Å². The fourth-order valence-corrected chi connectivity index (χ4v) is 2.68. The lowest BCUT2D eigenvalue weighted by molar-refractivity contribution is -0.0976. The Bertz CT molecular complexity index is 477. The minimum atomic E-state index is 0.0900. The van der Waals surface area contributed by atoms with Crippen molar-refractivity contribution in [3.8, 4) is 0 Å². The Kier molecular flexibility index (Phi) is 4.88. The molecule has 1 aliphatic rings. The molecule has 2 unspecified atom stereocenters. The fraction of sp³-hybridized carbons (Fsp3) is 0.733. The molecule has 0 amide bonds. The highest BCUT2D eigenvalue weighted by molar-refractivity contribution is 5.52. The first-order chi connectivity index (χ1) is 9.97. The summed E-state index contributed by atoms with van der Waals surface area (Å²) in [5.74, 6) is 1.83. The van der Waals surface area contributed by atoms with Crippen LogP contribution in [0.15, 0.2) is 6.07 Å². The van der Waals surface area contributed by atoms with E-state index < -0.39 is 0 Å². The van der Waals surface area contributed by atoms with Crippen molar-refractivity contribution in [1.29, 1.82) is 0 Å². The number of hydrogen-bond acceptors (Lipinski definition) is 6. The maximum Gasteiger partial charge on any atom is 0.223 e. The van der Waals surface area contributed by atoms with Crippen LogP contribution in [0.1, 0.15) is 40.5 Å². The summed E-state index contributed by atoms with van der Waals surface area (Å²) in [5.41, 5.74) is 5.87. The molecule has 0 spiro atoms. The van der Waals surface area contributed by atoms with Gasteiger partial charge >= 0.3 is 0 Å². The molecule has 1 fully saturated rings. The summed E-state index contributed by atoms with van der Waals surface area (Å²) in [6.45, 7) is 10.2. The van der Waals surface area contributed by atoms with Gasteiger partial charge in [-0.2, -0.15) is 9.97 Å². The van der Waals surface area contributed by atoms with E-state index in [1.807, 2.05) is 13.0 Å². The Morgan fingerprint density at radius 1 is 1.33 bits per heavy atom. The third kappa shape index (κ3) is 3.56. The Morgan fingerprint density at radius 3 is 2.67 bits per heavy atom. The monoisotopic (exact) mass is 293 g/mol. The van der Waals surface area contributed by atoms with E-state index in [2.05, 4.69) is 41.4 Å². The molecule has 2 atom stereocenters. The minimum absolute atomic E-state index is 0.0900. The maximum atomic E-state index is 5.78. The molecule has 0 radical (unpaired) electrons. The van der Waals surface area contributed by atoms with Gasteiger partial charge in [-0.3, -0.25) is 0 Å². The van der Waals surface area contributed by atoms with Crippen LogP contribution in [0.25, 0.3) is 0 Å². The van der Waals surface area contributed by atoms with E-state index in [9.17, 15) is 0 Å². The molecule has 1 aromatic heterocycles. The van der Waals surface area contributed by atoms with Gasteiger partial charge in [-0.05, 0) is 19.8 Å². The van der Waals surface area contributed by atoms with Crippen LogP contribution in [0.2, 0.25) is 0 Å². The van der Waals surface area contributed by atoms with Gasteiger partial charge < -0.3 is 21.1 Å². The van der Waals surface area contributed by atoms with Crippen LogP contribution in [-0.4, -0.2) is 35.3 Å². The van der Waals surface area contributed by atoms with Crippen LogP contribution in [0.4, 0.5) is 17.6 Å². The molecule has 6 nitrogen and oxygen atoms in total. The minimum Gasteiger partial charge on any atom is -0.378 e. The summed E-state index contributed by atoms with van der Waals surface area (Å²) in [6.07, 6.45) is 2.33. The Morgan fingerprint density at radius 2 is 2.05 bits per heavy atom. The van der Waals surface area contributed by atoms with Crippen LogP contribution in [0, 0.1) is 5.41 Å². The second-order valence-electron chi connectivity index (χ2n) is 6.12. The number of nitrogens with two attached hydrogens (primary N) is 1. The molecule has 4 N–H and O–H groups in total. The molecule has 0 aliphatic heterocycles. The second-order valence-corrected chi connectivity index (χ2v) is 6.12. The molecule has 118 valence electrons. The van der Waals surface area contributed by atoms with E-state index >= 15 is 0 Å². The van der Waals surface area contributed by atoms with E-state index in [1.165, 1.54) is 0 Å². The summed E-state index contributed by atoms with van der Waals surface area (Å²) in [4.78, 5) is 8.47. The summed E-state index contributed by atoms with van der Waals surface area (Å²) >= 11 is 0. The van der Waals surface area contributed by atoms with Crippen molar-refractivity contribution < 1.29 is 4.74 Å². The first-order valence-corrected chi connectivity index (χ1v) is 7.74. The highest BCUT2D eigenvalue weighted by Gasteiger charge is 2.49. The first kappa shape index (κ1) is 15.8. The van der Waals surface area contributed by atoms with Crippen molar-refractivity contribution in [1.82, 2.24) is 9.97 Å². The molecule has 0 aromatic carbocycles. The van der Waals surface area contributed by atoms with Crippen LogP contribution < -0.4 is 16.4 Å². The van der Waals surface area contributed by atoms with Gasteiger partial charge in [0.2, 0.25) is 5.95 Å². The molecule has 1 saturated carbocycles. The van der Waals surface area contributed by atoms with Gasteiger partial charge in [0.05, 0.1) is 6.10 Å². The average molecular weight is 293 g/mol. The lowest BCUT2D eigenvalue weighted by Gasteiger charge is -2.51. The van der Waals surface area contributed by atoms with Crippen molar-refractivity contribution in [2.45, 2.75) is 52.7 Å². The number of aromatic nitrogens is 2. The number of rotatable bonds is 7. The number of anilines is 3. The number of nitrogen functional groups attached to an aromatic ring is 1. The molecule has 2 rings (SSSR count). The van der Waals surface area contributed by atoms with Crippen LogP contribution in [0.3, 0.4) is 0 Å². The van der Waals surface area contributed by atoms with Gasteiger partial charge in [0.1, 0.15) is 11.6 Å². The van der Waals surface area contributed by atoms with Crippen molar-refractivity contribution in [3.05, 3.63) is 6.07 Å². The molecule has 1 aliphatic carbocycles. The van der Waals surface area contributed by atoms with Crippen LogP contribution in [0.5, 0.6) is 0 Å². The Balaban J connectivity index is 2.02. The highest BCUT2D eigenvalue weighted by Crippen LogP contribution is 2.44. The standard InChI is InChI=1S/C15H27N5O/c1-5-7-17-12-9-13(20-14(16)19-12)18-10-8-11(21-6-2)15(10,3)4/h9-11H,5-8H2,1-4H3,(H4,16,17,18,19,20). The van der Waals surface area contributed by atoms with Gasteiger partial charge in [-0.15, -0.1) is 0 Å². The molecule has 0 saturated heterocycles. The first-order valence-electron chi connectivity index (χ1n) is 7.74. The van der Waals surface area contributed by atoms with E-state index in [0.717, 1.165) is 37.6 Å². The molecule has 0 bridgehead atoms. The van der Waals surface area contributed by atoms with E-state index in [1.54, 1.807) is 0 Å². The topological polar surface area (TPSA) is 85.1 Å². The van der Waals surface area contributed by atoms with E-state index in [4.69, 9.17) is 10.5 Å².